The molecular weight excluding hydrogens is 324 g/mol. The van der Waals surface area contributed by atoms with Gasteiger partial charge in [-0.05, 0) is 54.5 Å². The summed E-state index contributed by atoms with van der Waals surface area (Å²) >= 11 is 0. The maximum Gasteiger partial charge on any atom is 0.315 e. The Morgan fingerprint density at radius 3 is 2.72 bits per heavy atom. The molecule has 0 spiro atoms. The number of benzene rings is 1. The summed E-state index contributed by atoms with van der Waals surface area (Å²) in [7, 11) is 0. The highest BCUT2D eigenvalue weighted by molar-refractivity contribution is 5.75. The number of tetrazole rings is 1. The third kappa shape index (κ3) is 5.27. The van der Waals surface area contributed by atoms with Crippen molar-refractivity contribution in [3.63, 3.8) is 0 Å². The zero-order valence-corrected chi connectivity index (χ0v) is 14.6. The van der Waals surface area contributed by atoms with E-state index in [1.54, 1.807) is 11.6 Å². The van der Waals surface area contributed by atoms with Crippen molar-refractivity contribution in [1.29, 1.82) is 0 Å². The fourth-order valence-corrected chi connectivity index (χ4v) is 2.11. The van der Waals surface area contributed by atoms with Crippen molar-refractivity contribution >= 4 is 12.0 Å². The van der Waals surface area contributed by atoms with E-state index in [2.05, 4.69) is 26.2 Å². The number of ether oxygens (including phenoxy) is 1. The average Bonchev–Trinajstić information content (AvgIpc) is 3.04. The second kappa shape index (κ2) is 8.76. The first kappa shape index (κ1) is 18.4. The molecule has 0 aliphatic carbocycles. The summed E-state index contributed by atoms with van der Waals surface area (Å²) in [4.78, 5) is 23.0. The van der Waals surface area contributed by atoms with Crippen LogP contribution >= 0.6 is 0 Å². The highest BCUT2D eigenvalue weighted by Crippen LogP contribution is 2.13. The number of hydrogen-bond donors (Lipinski definition) is 2. The van der Waals surface area contributed by atoms with Gasteiger partial charge in [-0.1, -0.05) is 6.07 Å². The molecule has 0 fully saturated rings. The lowest BCUT2D eigenvalue weighted by Crippen LogP contribution is -2.36. The van der Waals surface area contributed by atoms with E-state index in [0.29, 0.717) is 12.4 Å². The van der Waals surface area contributed by atoms with Gasteiger partial charge in [0.25, 0.3) is 0 Å². The van der Waals surface area contributed by atoms with Crippen molar-refractivity contribution in [2.24, 2.45) is 0 Å². The summed E-state index contributed by atoms with van der Waals surface area (Å²) in [5, 5.41) is 16.8. The van der Waals surface area contributed by atoms with Crippen LogP contribution in [-0.4, -0.2) is 45.4 Å². The highest BCUT2D eigenvalue weighted by atomic mass is 16.5. The third-order valence-electron chi connectivity index (χ3n) is 3.60. The summed E-state index contributed by atoms with van der Waals surface area (Å²) in [6.45, 7) is 6.46. The van der Waals surface area contributed by atoms with Gasteiger partial charge in [-0.15, -0.1) is 5.10 Å². The maximum atomic E-state index is 11.8. The van der Waals surface area contributed by atoms with E-state index in [1.807, 2.05) is 32.0 Å². The van der Waals surface area contributed by atoms with Crippen LogP contribution in [0.1, 0.15) is 30.3 Å². The molecule has 9 heteroatoms. The van der Waals surface area contributed by atoms with Crippen molar-refractivity contribution in [1.82, 2.24) is 30.8 Å². The molecule has 0 aliphatic heterocycles. The number of carbonyl (C=O) groups is 2. The minimum Gasteiger partial charge on any atom is -0.466 e. The van der Waals surface area contributed by atoms with Gasteiger partial charge in [-0.25, -0.2) is 4.79 Å². The summed E-state index contributed by atoms with van der Waals surface area (Å²) < 4.78 is 6.36. The van der Waals surface area contributed by atoms with Gasteiger partial charge in [-0.2, -0.15) is 4.68 Å². The Kier molecular flexibility index (Phi) is 6.44. The molecule has 0 radical (unpaired) electrons. The summed E-state index contributed by atoms with van der Waals surface area (Å²) in [6, 6.07) is 5.49. The summed E-state index contributed by atoms with van der Waals surface area (Å²) in [6.07, 6.45) is 0.127. The van der Waals surface area contributed by atoms with Crippen LogP contribution in [0.2, 0.25) is 0 Å². The van der Waals surface area contributed by atoms with Gasteiger partial charge in [0.2, 0.25) is 0 Å². The molecule has 25 heavy (non-hydrogen) atoms. The maximum absolute atomic E-state index is 11.8. The van der Waals surface area contributed by atoms with Gasteiger partial charge in [0.1, 0.15) is 0 Å². The number of carbonyl (C=O) groups excluding carboxylic acids is 2. The van der Waals surface area contributed by atoms with E-state index in [1.165, 1.54) is 5.56 Å². The van der Waals surface area contributed by atoms with Gasteiger partial charge < -0.3 is 15.4 Å². The Labute approximate surface area is 145 Å². The molecule has 1 aromatic carbocycles. The number of amides is 2. The number of rotatable bonds is 7. The largest absolute Gasteiger partial charge is 0.466 e. The molecule has 0 saturated heterocycles. The van der Waals surface area contributed by atoms with Crippen LogP contribution in [0.4, 0.5) is 4.79 Å². The van der Waals surface area contributed by atoms with Gasteiger partial charge in [0, 0.05) is 6.54 Å². The van der Waals surface area contributed by atoms with E-state index in [-0.39, 0.29) is 25.5 Å². The highest BCUT2D eigenvalue weighted by Gasteiger charge is 2.11. The Bertz CT molecular complexity index is 743. The molecule has 9 nitrogen and oxygen atoms in total. The van der Waals surface area contributed by atoms with Crippen LogP contribution in [0.3, 0.4) is 0 Å². The topological polar surface area (TPSA) is 111 Å². The number of hydrogen-bond acceptors (Lipinski definition) is 6. The summed E-state index contributed by atoms with van der Waals surface area (Å²) in [5.74, 6) is 0.158. The molecule has 1 aromatic heterocycles. The van der Waals surface area contributed by atoms with E-state index in [9.17, 15) is 9.59 Å². The van der Waals surface area contributed by atoms with Gasteiger partial charge in [0.15, 0.2) is 5.82 Å². The molecular formula is C16H22N6O3. The summed E-state index contributed by atoms with van der Waals surface area (Å²) in [5.41, 5.74) is 3.13. The quantitative estimate of drug-likeness (QED) is 0.725. The smallest absolute Gasteiger partial charge is 0.315 e. The molecule has 0 saturated carbocycles. The number of aryl methyl sites for hydroxylation is 2. The van der Waals surface area contributed by atoms with E-state index in [0.717, 1.165) is 11.3 Å². The average molecular weight is 346 g/mol. The second-order valence-electron chi connectivity index (χ2n) is 5.44. The van der Waals surface area contributed by atoms with Crippen LogP contribution in [0.5, 0.6) is 0 Å². The third-order valence-corrected chi connectivity index (χ3v) is 3.60. The van der Waals surface area contributed by atoms with Crippen molar-refractivity contribution in [3.8, 4) is 5.69 Å². The molecule has 1 heterocycles. The molecule has 0 unspecified atom stereocenters. The number of aromatic nitrogens is 4. The van der Waals surface area contributed by atoms with Gasteiger partial charge >= 0.3 is 12.0 Å². The van der Waals surface area contributed by atoms with E-state index in [4.69, 9.17) is 4.74 Å². The number of esters is 1. The lowest BCUT2D eigenvalue weighted by molar-refractivity contribution is -0.142. The van der Waals surface area contributed by atoms with Crippen LogP contribution in [-0.2, 0) is 16.1 Å². The second-order valence-corrected chi connectivity index (χ2v) is 5.44. The Morgan fingerprint density at radius 2 is 2.00 bits per heavy atom. The molecule has 2 amide bonds. The van der Waals surface area contributed by atoms with Crippen molar-refractivity contribution < 1.29 is 14.3 Å². The zero-order valence-electron chi connectivity index (χ0n) is 14.6. The predicted octanol–water partition coefficient (Wildman–Crippen LogP) is 1.03. The molecule has 0 bridgehead atoms. The number of nitrogens with one attached hydrogen (secondary N) is 2. The van der Waals surface area contributed by atoms with Crippen LogP contribution in [0.15, 0.2) is 18.2 Å². The van der Waals surface area contributed by atoms with Gasteiger partial charge in [0.05, 0.1) is 25.3 Å². The Balaban J connectivity index is 1.87. The fourth-order valence-electron chi connectivity index (χ4n) is 2.11. The first-order valence-corrected chi connectivity index (χ1v) is 8.03. The Morgan fingerprint density at radius 1 is 1.20 bits per heavy atom. The lowest BCUT2D eigenvalue weighted by Gasteiger charge is -2.09. The lowest BCUT2D eigenvalue weighted by atomic mass is 10.1. The van der Waals surface area contributed by atoms with Crippen molar-refractivity contribution in [2.75, 3.05) is 13.2 Å². The monoisotopic (exact) mass is 346 g/mol. The first-order valence-electron chi connectivity index (χ1n) is 8.03. The molecule has 0 aliphatic rings. The number of urea groups is 1. The van der Waals surface area contributed by atoms with Crippen molar-refractivity contribution in [2.45, 2.75) is 33.7 Å². The molecule has 134 valence electrons. The Hall–Kier alpha value is -2.97. The first-order chi connectivity index (χ1) is 12.0. The van der Waals surface area contributed by atoms with Crippen LogP contribution in [0.25, 0.3) is 5.69 Å². The molecule has 2 N–H and O–H groups in total. The minimum absolute atomic E-state index is 0.127. The van der Waals surface area contributed by atoms with Crippen LogP contribution in [0, 0.1) is 13.8 Å². The van der Waals surface area contributed by atoms with Crippen LogP contribution < -0.4 is 10.6 Å². The fraction of sp³-hybridized carbons (Fsp3) is 0.438. The normalized spacial score (nSPS) is 10.4. The standard InChI is InChI=1S/C16H22N6O3/c1-4-25-15(23)7-8-17-16(24)18-10-14-19-20-21-22(14)13-6-5-11(2)12(3)9-13/h5-6,9H,4,7-8,10H2,1-3H3,(H2,17,18,24). The molecule has 2 aromatic rings. The minimum atomic E-state index is -0.404. The SMILES string of the molecule is CCOC(=O)CCNC(=O)NCc1nnnn1-c1ccc(C)c(C)c1. The van der Waals surface area contributed by atoms with Crippen molar-refractivity contribution in [3.05, 3.63) is 35.2 Å². The van der Waals surface area contributed by atoms with E-state index >= 15 is 0 Å². The predicted molar refractivity (Wildman–Crippen MR) is 90.1 cm³/mol. The van der Waals surface area contributed by atoms with E-state index < -0.39 is 6.03 Å². The van der Waals surface area contributed by atoms with Gasteiger partial charge in [-0.3, -0.25) is 4.79 Å². The number of nitrogens with zero attached hydrogens (tertiary/aromatic N) is 4. The molecule has 2 rings (SSSR count). The molecule has 0 atom stereocenters. The zero-order chi connectivity index (χ0) is 18.2.